The minimum atomic E-state index is -0.681. The third-order valence-electron chi connectivity index (χ3n) is 2.28. The summed E-state index contributed by atoms with van der Waals surface area (Å²) < 4.78 is 18.3. The van der Waals surface area contributed by atoms with Gasteiger partial charge in [-0.3, -0.25) is 5.10 Å². The zero-order chi connectivity index (χ0) is 12.4. The first-order valence-corrected chi connectivity index (χ1v) is 5.66. The maximum atomic E-state index is 13.5. The highest BCUT2D eigenvalue weighted by Gasteiger charge is 2.11. The van der Waals surface area contributed by atoms with E-state index in [9.17, 15) is 4.39 Å². The molecule has 90 valence electrons. The molecule has 0 aliphatic rings. The van der Waals surface area contributed by atoms with E-state index in [0.29, 0.717) is 17.0 Å². The fraction of sp³-hybridized carbons (Fsp3) is 0.182. The molecule has 0 aliphatic heterocycles. The predicted octanol–water partition coefficient (Wildman–Crippen LogP) is 3.70. The van der Waals surface area contributed by atoms with Crippen LogP contribution in [0.25, 0.3) is 11.3 Å². The van der Waals surface area contributed by atoms with Gasteiger partial charge in [-0.2, -0.15) is 5.10 Å². The average Bonchev–Trinajstić information content (AvgIpc) is 2.78. The largest absolute Gasteiger partial charge is 0.494 e. The number of hydrogen-bond acceptors (Lipinski definition) is 2. The van der Waals surface area contributed by atoms with Gasteiger partial charge in [-0.25, -0.2) is 4.39 Å². The molecule has 6 heteroatoms. The van der Waals surface area contributed by atoms with Crippen molar-refractivity contribution in [3.05, 3.63) is 35.8 Å². The van der Waals surface area contributed by atoms with Crippen LogP contribution in [0.3, 0.4) is 0 Å². The lowest BCUT2D eigenvalue weighted by Gasteiger charge is -2.02. The van der Waals surface area contributed by atoms with Crippen LogP contribution in [0.2, 0.25) is 0 Å². The number of nitrogens with one attached hydrogen (secondary N) is 1. The van der Waals surface area contributed by atoms with Crippen LogP contribution in [-0.2, 0) is 0 Å². The predicted molar refractivity (Wildman–Crippen MR) is 65.0 cm³/mol. The average molecular weight is 275 g/mol. The topological polar surface area (TPSA) is 37.9 Å². The van der Waals surface area contributed by atoms with Crippen LogP contribution in [0, 0.1) is 5.82 Å². The van der Waals surface area contributed by atoms with Crippen molar-refractivity contribution < 1.29 is 9.13 Å². The van der Waals surface area contributed by atoms with Gasteiger partial charge in [0.15, 0.2) is 11.6 Å². The molecule has 1 aromatic heterocycles. The molecule has 0 bridgehead atoms. The lowest BCUT2D eigenvalue weighted by molar-refractivity contribution is 0.386. The van der Waals surface area contributed by atoms with E-state index in [0.717, 1.165) is 0 Å². The molecule has 0 saturated carbocycles. The monoisotopic (exact) mass is 274 g/mol. The van der Waals surface area contributed by atoms with Gasteiger partial charge in [0, 0.05) is 5.56 Å². The van der Waals surface area contributed by atoms with Crippen LogP contribution in [0.15, 0.2) is 24.3 Å². The number of aromatic nitrogens is 2. The first kappa shape index (κ1) is 12.2. The molecule has 0 aliphatic carbocycles. The Hall–Kier alpha value is -1.26. The first-order chi connectivity index (χ1) is 8.11. The van der Waals surface area contributed by atoms with Gasteiger partial charge >= 0.3 is 0 Å². The molecule has 2 rings (SSSR count). The highest BCUT2D eigenvalue weighted by atomic mass is 35.5. The molecule has 0 saturated heterocycles. The number of halogens is 3. The van der Waals surface area contributed by atoms with E-state index in [4.69, 9.17) is 27.9 Å². The molecule has 17 heavy (non-hydrogen) atoms. The number of methoxy groups -OCH3 is 1. The number of benzene rings is 1. The molecule has 0 fully saturated rings. The molecule has 0 atom stereocenters. The quantitative estimate of drug-likeness (QED) is 0.867. The third kappa shape index (κ3) is 2.53. The van der Waals surface area contributed by atoms with Crippen LogP contribution in [0.4, 0.5) is 4.39 Å². The Bertz CT molecular complexity index is 528. The maximum Gasteiger partial charge on any atom is 0.165 e. The Balaban J connectivity index is 2.36. The summed E-state index contributed by atoms with van der Waals surface area (Å²) in [5, 5.41) is 6.69. The second-order valence-electron chi connectivity index (χ2n) is 3.36. The van der Waals surface area contributed by atoms with Crippen molar-refractivity contribution in [2.75, 3.05) is 7.11 Å². The Morgan fingerprint density at radius 1 is 1.35 bits per heavy atom. The summed E-state index contributed by atoms with van der Waals surface area (Å²) >= 11 is 11.4. The molecule has 1 N–H and O–H groups in total. The van der Waals surface area contributed by atoms with Crippen molar-refractivity contribution in [3.63, 3.8) is 0 Å². The number of nitrogens with zero attached hydrogens (tertiary/aromatic N) is 1. The Labute approximate surface area is 108 Å². The molecule has 2 aromatic rings. The summed E-state index contributed by atoms with van der Waals surface area (Å²) in [4.78, 5) is -0.681. The Kier molecular flexibility index (Phi) is 3.54. The van der Waals surface area contributed by atoms with Crippen molar-refractivity contribution in [2.45, 2.75) is 4.84 Å². The van der Waals surface area contributed by atoms with Crippen LogP contribution in [0.1, 0.15) is 10.5 Å². The van der Waals surface area contributed by atoms with Crippen molar-refractivity contribution in [1.82, 2.24) is 10.2 Å². The van der Waals surface area contributed by atoms with E-state index in [1.165, 1.54) is 19.2 Å². The fourth-order valence-electron chi connectivity index (χ4n) is 1.42. The lowest BCUT2D eigenvalue weighted by atomic mass is 10.1. The van der Waals surface area contributed by atoms with E-state index in [-0.39, 0.29) is 5.75 Å². The van der Waals surface area contributed by atoms with E-state index in [2.05, 4.69) is 10.2 Å². The summed E-state index contributed by atoms with van der Waals surface area (Å²) in [6.45, 7) is 0. The van der Waals surface area contributed by atoms with E-state index >= 15 is 0 Å². The number of rotatable bonds is 3. The van der Waals surface area contributed by atoms with E-state index < -0.39 is 10.7 Å². The molecular formula is C11H9Cl2FN2O. The number of aromatic amines is 1. The van der Waals surface area contributed by atoms with Gasteiger partial charge < -0.3 is 4.74 Å². The normalized spacial score (nSPS) is 10.9. The smallest absolute Gasteiger partial charge is 0.165 e. The lowest BCUT2D eigenvalue weighted by Crippen LogP contribution is -1.88. The fourth-order valence-corrected chi connectivity index (χ4v) is 1.65. The number of hydrogen-bond donors (Lipinski definition) is 1. The van der Waals surface area contributed by atoms with Crippen LogP contribution in [0.5, 0.6) is 5.75 Å². The summed E-state index contributed by atoms with van der Waals surface area (Å²) in [6, 6.07) is 6.26. The van der Waals surface area contributed by atoms with Crippen molar-refractivity contribution in [3.8, 4) is 17.0 Å². The molecule has 3 nitrogen and oxygen atoms in total. The minimum absolute atomic E-state index is 0.192. The van der Waals surface area contributed by atoms with Gasteiger partial charge in [0.05, 0.1) is 18.5 Å². The first-order valence-electron chi connectivity index (χ1n) is 4.79. The van der Waals surface area contributed by atoms with Gasteiger partial charge in [0.25, 0.3) is 0 Å². The van der Waals surface area contributed by atoms with Crippen LogP contribution in [-0.4, -0.2) is 17.3 Å². The summed E-state index contributed by atoms with van der Waals surface area (Å²) in [5.41, 5.74) is 1.77. The highest BCUT2D eigenvalue weighted by Crippen LogP contribution is 2.28. The van der Waals surface area contributed by atoms with Gasteiger partial charge in [0.1, 0.15) is 4.84 Å². The summed E-state index contributed by atoms with van der Waals surface area (Å²) in [6.07, 6.45) is 0. The summed E-state index contributed by atoms with van der Waals surface area (Å²) in [5.74, 6) is -0.250. The molecule has 0 spiro atoms. The van der Waals surface area contributed by atoms with E-state index in [1.54, 1.807) is 12.1 Å². The molecule has 0 amide bonds. The third-order valence-corrected chi connectivity index (χ3v) is 2.75. The second kappa shape index (κ2) is 4.94. The van der Waals surface area contributed by atoms with E-state index in [1.807, 2.05) is 0 Å². The van der Waals surface area contributed by atoms with Crippen molar-refractivity contribution in [2.24, 2.45) is 0 Å². The SMILES string of the molecule is COc1ccc(-c2cc(C(Cl)Cl)[nH]n2)cc1F. The molecule has 0 radical (unpaired) electrons. The highest BCUT2D eigenvalue weighted by molar-refractivity contribution is 6.43. The van der Waals surface area contributed by atoms with Gasteiger partial charge in [-0.1, -0.05) is 23.2 Å². The molecule has 0 unspecified atom stereocenters. The van der Waals surface area contributed by atoms with Gasteiger partial charge in [0.2, 0.25) is 0 Å². The van der Waals surface area contributed by atoms with Gasteiger partial charge in [-0.15, -0.1) is 0 Å². The zero-order valence-corrected chi connectivity index (χ0v) is 10.4. The molecule has 1 aromatic carbocycles. The Morgan fingerprint density at radius 2 is 2.12 bits per heavy atom. The van der Waals surface area contributed by atoms with Crippen molar-refractivity contribution in [1.29, 1.82) is 0 Å². The second-order valence-corrected chi connectivity index (χ2v) is 4.45. The maximum absolute atomic E-state index is 13.5. The standard InChI is InChI=1S/C11H9Cl2FN2O/c1-17-10-3-2-6(4-7(10)14)8-5-9(11(12)13)16-15-8/h2-5,11H,1H3,(H,15,16). The van der Waals surface area contributed by atoms with Crippen molar-refractivity contribution >= 4 is 23.2 Å². The number of alkyl halides is 2. The zero-order valence-electron chi connectivity index (χ0n) is 8.88. The minimum Gasteiger partial charge on any atom is -0.494 e. The van der Waals surface area contributed by atoms with Crippen LogP contribution >= 0.6 is 23.2 Å². The summed E-state index contributed by atoms with van der Waals surface area (Å²) in [7, 11) is 1.41. The molecular weight excluding hydrogens is 266 g/mol. The number of ether oxygens (including phenoxy) is 1. The van der Waals surface area contributed by atoms with Gasteiger partial charge in [-0.05, 0) is 24.3 Å². The van der Waals surface area contributed by atoms with Crippen LogP contribution < -0.4 is 4.74 Å². The molecule has 1 heterocycles. The number of H-pyrrole nitrogens is 1. The Morgan fingerprint density at radius 3 is 2.65 bits per heavy atom.